The maximum atomic E-state index is 12.8. The first-order chi connectivity index (χ1) is 8.89. The van der Waals surface area contributed by atoms with Crippen LogP contribution in [0.15, 0.2) is 35.7 Å². The van der Waals surface area contributed by atoms with E-state index in [4.69, 9.17) is 11.6 Å². The molecule has 0 fully saturated rings. The van der Waals surface area contributed by atoms with Crippen molar-refractivity contribution in [1.29, 1.82) is 0 Å². The van der Waals surface area contributed by atoms with E-state index in [2.05, 4.69) is 0 Å². The molecular formula is C13H8ClF3OS. The van der Waals surface area contributed by atoms with Gasteiger partial charge in [0.05, 0.1) is 10.6 Å². The second kappa shape index (κ2) is 5.35. The normalized spacial score (nSPS) is 11.6. The first kappa shape index (κ1) is 14.1. The minimum Gasteiger partial charge on any atom is -0.294 e. The van der Waals surface area contributed by atoms with Crippen molar-refractivity contribution in [1.82, 2.24) is 0 Å². The molecule has 0 spiro atoms. The van der Waals surface area contributed by atoms with E-state index >= 15 is 0 Å². The van der Waals surface area contributed by atoms with Crippen LogP contribution in [-0.2, 0) is 12.6 Å². The monoisotopic (exact) mass is 304 g/mol. The van der Waals surface area contributed by atoms with Gasteiger partial charge in [0.15, 0.2) is 5.78 Å². The third-order valence-corrected chi connectivity index (χ3v) is 3.93. The van der Waals surface area contributed by atoms with E-state index in [1.807, 2.05) is 0 Å². The zero-order valence-corrected chi connectivity index (χ0v) is 11.1. The molecule has 0 aliphatic heterocycles. The van der Waals surface area contributed by atoms with Crippen LogP contribution in [0.3, 0.4) is 0 Å². The fourth-order valence-corrected chi connectivity index (χ4v) is 2.77. The molecule has 0 aliphatic carbocycles. The standard InChI is InChI=1S/C13H8ClF3OS/c14-10-5-6-19-12(10)7-11(18)8-3-1-2-4-9(8)13(15,16)17/h1-6H,7H2. The number of halogens is 4. The molecule has 1 heterocycles. The Kier molecular flexibility index (Phi) is 3.96. The molecule has 0 radical (unpaired) electrons. The molecule has 0 atom stereocenters. The van der Waals surface area contributed by atoms with Crippen LogP contribution in [0.4, 0.5) is 13.2 Å². The van der Waals surface area contributed by atoms with Crippen LogP contribution in [0.1, 0.15) is 20.8 Å². The van der Waals surface area contributed by atoms with Crippen LogP contribution < -0.4 is 0 Å². The fourth-order valence-electron chi connectivity index (χ4n) is 1.67. The summed E-state index contributed by atoms with van der Waals surface area (Å²) in [6, 6.07) is 6.39. The first-order valence-corrected chi connectivity index (χ1v) is 6.56. The number of hydrogen-bond acceptors (Lipinski definition) is 2. The lowest BCUT2D eigenvalue weighted by Crippen LogP contribution is -2.14. The molecule has 0 N–H and O–H groups in total. The van der Waals surface area contributed by atoms with Gasteiger partial charge in [-0.15, -0.1) is 11.3 Å². The Morgan fingerprint density at radius 2 is 1.89 bits per heavy atom. The Bertz CT molecular complexity index is 604. The summed E-state index contributed by atoms with van der Waals surface area (Å²) in [5.41, 5.74) is -1.23. The summed E-state index contributed by atoms with van der Waals surface area (Å²) < 4.78 is 38.4. The summed E-state index contributed by atoms with van der Waals surface area (Å²) in [5, 5.41) is 2.10. The molecule has 1 aromatic heterocycles. The number of alkyl halides is 3. The number of benzene rings is 1. The van der Waals surface area contributed by atoms with Crippen LogP contribution in [0.5, 0.6) is 0 Å². The number of hydrogen-bond donors (Lipinski definition) is 0. The largest absolute Gasteiger partial charge is 0.417 e. The fraction of sp³-hybridized carbons (Fsp3) is 0.154. The summed E-state index contributed by atoms with van der Waals surface area (Å²) >= 11 is 7.09. The Morgan fingerprint density at radius 3 is 2.47 bits per heavy atom. The van der Waals surface area contributed by atoms with Gasteiger partial charge in [0, 0.05) is 16.9 Å². The maximum Gasteiger partial charge on any atom is 0.417 e. The van der Waals surface area contributed by atoms with Gasteiger partial charge in [0.2, 0.25) is 0 Å². The molecule has 0 unspecified atom stereocenters. The number of carbonyl (C=O) groups is 1. The molecule has 2 aromatic rings. The molecular weight excluding hydrogens is 297 g/mol. The third kappa shape index (κ3) is 3.16. The van der Waals surface area contributed by atoms with Crippen molar-refractivity contribution in [2.75, 3.05) is 0 Å². The highest BCUT2D eigenvalue weighted by molar-refractivity contribution is 7.10. The second-order valence-corrected chi connectivity index (χ2v) is 5.24. The van der Waals surface area contributed by atoms with Crippen molar-refractivity contribution in [3.63, 3.8) is 0 Å². The van der Waals surface area contributed by atoms with Crippen molar-refractivity contribution in [3.05, 3.63) is 56.7 Å². The molecule has 1 nitrogen and oxygen atoms in total. The number of thiophene rings is 1. The quantitative estimate of drug-likeness (QED) is 0.741. The molecule has 19 heavy (non-hydrogen) atoms. The van der Waals surface area contributed by atoms with Crippen molar-refractivity contribution < 1.29 is 18.0 Å². The van der Waals surface area contributed by atoms with Gasteiger partial charge in [-0.25, -0.2) is 0 Å². The van der Waals surface area contributed by atoms with Crippen molar-refractivity contribution in [2.24, 2.45) is 0 Å². The smallest absolute Gasteiger partial charge is 0.294 e. The van der Waals surface area contributed by atoms with Crippen molar-refractivity contribution >= 4 is 28.7 Å². The minimum absolute atomic E-state index is 0.121. The van der Waals surface area contributed by atoms with Gasteiger partial charge in [-0.2, -0.15) is 13.2 Å². The van der Waals surface area contributed by atoms with Gasteiger partial charge in [-0.3, -0.25) is 4.79 Å². The average Bonchev–Trinajstić information content (AvgIpc) is 2.74. The lowest BCUT2D eigenvalue weighted by molar-refractivity contribution is -0.137. The van der Waals surface area contributed by atoms with Gasteiger partial charge in [-0.05, 0) is 17.5 Å². The van der Waals surface area contributed by atoms with Crippen LogP contribution >= 0.6 is 22.9 Å². The van der Waals surface area contributed by atoms with E-state index in [0.29, 0.717) is 9.90 Å². The van der Waals surface area contributed by atoms with E-state index in [0.717, 1.165) is 6.07 Å². The van der Waals surface area contributed by atoms with Gasteiger partial charge in [0.1, 0.15) is 0 Å². The third-order valence-electron chi connectivity index (χ3n) is 2.55. The molecule has 2 rings (SSSR count). The molecule has 6 heteroatoms. The molecule has 0 bridgehead atoms. The summed E-state index contributed by atoms with van der Waals surface area (Å²) in [6.07, 6.45) is -4.66. The Balaban J connectivity index is 2.32. The van der Waals surface area contributed by atoms with Crippen LogP contribution in [0.2, 0.25) is 5.02 Å². The highest BCUT2D eigenvalue weighted by Gasteiger charge is 2.34. The highest BCUT2D eigenvalue weighted by Crippen LogP contribution is 2.33. The van der Waals surface area contributed by atoms with Crippen LogP contribution in [-0.4, -0.2) is 5.78 Å². The predicted octanol–water partition coefficient (Wildman–Crippen LogP) is 4.85. The predicted molar refractivity (Wildman–Crippen MR) is 68.8 cm³/mol. The number of carbonyl (C=O) groups excluding carboxylic acids is 1. The van der Waals surface area contributed by atoms with E-state index in [9.17, 15) is 18.0 Å². The molecule has 0 saturated heterocycles. The zero-order chi connectivity index (χ0) is 14.0. The van der Waals surface area contributed by atoms with Crippen LogP contribution in [0.25, 0.3) is 0 Å². The molecule has 100 valence electrons. The summed E-state index contributed by atoms with van der Waals surface area (Å²) in [6.45, 7) is 0. The Morgan fingerprint density at radius 1 is 1.21 bits per heavy atom. The number of rotatable bonds is 3. The first-order valence-electron chi connectivity index (χ1n) is 5.31. The maximum absolute atomic E-state index is 12.8. The molecule has 0 amide bonds. The Labute approximate surface area is 116 Å². The van der Waals surface area contributed by atoms with E-state index in [1.54, 1.807) is 11.4 Å². The molecule has 1 aromatic carbocycles. The lowest BCUT2D eigenvalue weighted by Gasteiger charge is -2.11. The zero-order valence-electron chi connectivity index (χ0n) is 9.50. The van der Waals surface area contributed by atoms with Crippen molar-refractivity contribution in [2.45, 2.75) is 12.6 Å². The minimum atomic E-state index is -4.54. The van der Waals surface area contributed by atoms with E-state index in [1.165, 1.54) is 29.5 Å². The van der Waals surface area contributed by atoms with Gasteiger partial charge in [-0.1, -0.05) is 29.8 Å². The number of ketones is 1. The average molecular weight is 305 g/mol. The second-order valence-electron chi connectivity index (χ2n) is 3.84. The van der Waals surface area contributed by atoms with E-state index in [-0.39, 0.29) is 12.0 Å². The van der Waals surface area contributed by atoms with Gasteiger partial charge in [0.25, 0.3) is 0 Å². The molecule has 0 aliphatic rings. The summed E-state index contributed by atoms with van der Waals surface area (Å²) in [7, 11) is 0. The van der Waals surface area contributed by atoms with Crippen LogP contribution in [0, 0.1) is 0 Å². The van der Waals surface area contributed by atoms with Crippen molar-refractivity contribution in [3.8, 4) is 0 Å². The topological polar surface area (TPSA) is 17.1 Å². The molecule has 0 saturated carbocycles. The lowest BCUT2D eigenvalue weighted by atomic mass is 10.0. The highest BCUT2D eigenvalue weighted by atomic mass is 35.5. The van der Waals surface area contributed by atoms with Gasteiger partial charge < -0.3 is 0 Å². The summed E-state index contributed by atoms with van der Waals surface area (Å²) in [4.78, 5) is 12.6. The van der Waals surface area contributed by atoms with E-state index < -0.39 is 17.5 Å². The summed E-state index contributed by atoms with van der Waals surface area (Å²) in [5.74, 6) is -0.586. The van der Waals surface area contributed by atoms with Gasteiger partial charge >= 0.3 is 6.18 Å². The SMILES string of the molecule is O=C(Cc1sccc1Cl)c1ccccc1C(F)(F)F. The Hall–Kier alpha value is -1.33. The number of Topliss-reactive ketones (excluding diaryl/α,β-unsaturated/α-hetero) is 1.